The van der Waals surface area contributed by atoms with E-state index in [-0.39, 0.29) is 0 Å². The SMILES string of the molecule is C1CSC[C@H]2COC[C@H](CSCCS1)S2. The van der Waals surface area contributed by atoms with Gasteiger partial charge in [-0.1, -0.05) is 0 Å². The Morgan fingerprint density at radius 1 is 0.733 bits per heavy atom. The number of fused-ring (bicyclic) bond motifs is 2. The summed E-state index contributed by atoms with van der Waals surface area (Å²) >= 11 is 8.50. The zero-order valence-electron chi connectivity index (χ0n) is 8.85. The Hall–Kier alpha value is 1.36. The molecule has 2 bridgehead atoms. The highest BCUT2D eigenvalue weighted by Crippen LogP contribution is 2.29. The topological polar surface area (TPSA) is 9.23 Å². The Morgan fingerprint density at radius 2 is 1.27 bits per heavy atom. The van der Waals surface area contributed by atoms with Crippen LogP contribution < -0.4 is 0 Å². The second kappa shape index (κ2) is 7.64. The van der Waals surface area contributed by atoms with Crippen molar-refractivity contribution in [3.05, 3.63) is 0 Å². The van der Waals surface area contributed by atoms with E-state index in [2.05, 4.69) is 47.0 Å². The van der Waals surface area contributed by atoms with Gasteiger partial charge in [-0.05, 0) is 0 Å². The zero-order valence-corrected chi connectivity index (χ0v) is 12.1. The first-order valence-electron chi connectivity index (χ1n) is 5.41. The Bertz CT molecular complexity index is 163. The highest BCUT2D eigenvalue weighted by Gasteiger charge is 2.23. The fourth-order valence-electron chi connectivity index (χ4n) is 1.62. The molecule has 2 aliphatic heterocycles. The van der Waals surface area contributed by atoms with Crippen molar-refractivity contribution in [1.29, 1.82) is 0 Å². The first-order valence-corrected chi connectivity index (χ1v) is 9.82. The molecule has 5 heteroatoms. The van der Waals surface area contributed by atoms with Crippen molar-refractivity contribution < 1.29 is 4.74 Å². The molecule has 0 aromatic heterocycles. The van der Waals surface area contributed by atoms with Gasteiger partial charge in [0.15, 0.2) is 0 Å². The van der Waals surface area contributed by atoms with Gasteiger partial charge in [0.25, 0.3) is 0 Å². The fourth-order valence-corrected chi connectivity index (χ4v) is 6.86. The third kappa shape index (κ3) is 5.02. The molecule has 2 aliphatic rings. The van der Waals surface area contributed by atoms with E-state index in [0.717, 1.165) is 23.7 Å². The molecule has 0 spiro atoms. The number of rotatable bonds is 0. The van der Waals surface area contributed by atoms with Gasteiger partial charge in [-0.15, -0.1) is 11.8 Å². The summed E-state index contributed by atoms with van der Waals surface area (Å²) in [6, 6.07) is 0. The molecule has 1 nitrogen and oxygen atoms in total. The van der Waals surface area contributed by atoms with Crippen LogP contribution in [0.5, 0.6) is 0 Å². The minimum absolute atomic E-state index is 0.749. The Labute approximate surface area is 110 Å². The van der Waals surface area contributed by atoms with Crippen LogP contribution in [0.2, 0.25) is 0 Å². The van der Waals surface area contributed by atoms with Gasteiger partial charge in [-0.25, -0.2) is 0 Å². The number of hydrogen-bond donors (Lipinski definition) is 0. The molecule has 0 aliphatic carbocycles. The third-order valence-corrected chi connectivity index (χ3v) is 7.91. The molecule has 0 unspecified atom stereocenters. The highest BCUT2D eigenvalue weighted by molar-refractivity contribution is 8.07. The van der Waals surface area contributed by atoms with E-state index in [9.17, 15) is 0 Å². The van der Waals surface area contributed by atoms with E-state index in [4.69, 9.17) is 4.74 Å². The monoisotopic (exact) mass is 282 g/mol. The molecule has 0 saturated carbocycles. The summed E-state index contributed by atoms with van der Waals surface area (Å²) in [6.07, 6.45) is 0. The smallest absolute Gasteiger partial charge is 0.0593 e. The summed E-state index contributed by atoms with van der Waals surface area (Å²) in [5.74, 6) is 7.85. The second-order valence-electron chi connectivity index (χ2n) is 3.68. The summed E-state index contributed by atoms with van der Waals surface area (Å²) in [6.45, 7) is 1.96. The van der Waals surface area contributed by atoms with Gasteiger partial charge in [0, 0.05) is 45.0 Å². The maximum Gasteiger partial charge on any atom is 0.0593 e. The fraction of sp³-hybridized carbons (Fsp3) is 1.00. The summed E-state index contributed by atoms with van der Waals surface area (Å²) in [5, 5.41) is 1.50. The van der Waals surface area contributed by atoms with Crippen molar-refractivity contribution in [3.8, 4) is 0 Å². The molecule has 2 saturated heterocycles. The van der Waals surface area contributed by atoms with E-state index in [1.165, 1.54) is 34.5 Å². The standard InChI is InChI=1S/C10H18OS4/c1-3-13-7-9-5-11-6-10(15-9)8-14-4-2-12-1/h9-10H,1-8H2/t9-,10-/m1/s1. The second-order valence-corrected chi connectivity index (χ2v) is 8.81. The average Bonchev–Trinajstić information content (AvgIpc) is 2.26. The predicted octanol–water partition coefficient (Wildman–Crippen LogP) is 2.70. The zero-order chi connectivity index (χ0) is 10.3. The first-order chi connectivity index (χ1) is 7.45. The van der Waals surface area contributed by atoms with Crippen molar-refractivity contribution in [1.82, 2.24) is 0 Å². The van der Waals surface area contributed by atoms with E-state index >= 15 is 0 Å². The quantitative estimate of drug-likeness (QED) is 0.673. The van der Waals surface area contributed by atoms with Crippen LogP contribution in [0.15, 0.2) is 0 Å². The Morgan fingerprint density at radius 3 is 1.87 bits per heavy atom. The number of ether oxygens (including phenoxy) is 1. The van der Waals surface area contributed by atoms with Gasteiger partial charge in [0.2, 0.25) is 0 Å². The minimum atomic E-state index is 0.749. The van der Waals surface area contributed by atoms with Crippen LogP contribution in [0, 0.1) is 0 Å². The Kier molecular flexibility index (Phi) is 6.52. The van der Waals surface area contributed by atoms with E-state index in [1.807, 2.05) is 0 Å². The number of hydrogen-bond acceptors (Lipinski definition) is 5. The van der Waals surface area contributed by atoms with Gasteiger partial charge in [0.05, 0.1) is 13.2 Å². The van der Waals surface area contributed by atoms with Crippen molar-refractivity contribution in [2.24, 2.45) is 0 Å². The third-order valence-electron chi connectivity index (χ3n) is 2.34. The van der Waals surface area contributed by atoms with Crippen molar-refractivity contribution >= 4 is 47.0 Å². The minimum Gasteiger partial charge on any atom is -0.379 e. The number of thioether (sulfide) groups is 4. The van der Waals surface area contributed by atoms with Crippen molar-refractivity contribution in [2.75, 3.05) is 47.7 Å². The van der Waals surface area contributed by atoms with Crippen LogP contribution in [-0.4, -0.2) is 58.2 Å². The lowest BCUT2D eigenvalue weighted by Gasteiger charge is -2.29. The lowest BCUT2D eigenvalue weighted by Crippen LogP contribution is -2.31. The first kappa shape index (κ1) is 12.8. The van der Waals surface area contributed by atoms with Crippen molar-refractivity contribution in [3.63, 3.8) is 0 Å². The molecule has 88 valence electrons. The van der Waals surface area contributed by atoms with E-state index < -0.39 is 0 Å². The molecule has 2 heterocycles. The molecule has 0 radical (unpaired) electrons. The van der Waals surface area contributed by atoms with E-state index in [1.54, 1.807) is 0 Å². The molecule has 0 aromatic carbocycles. The van der Waals surface area contributed by atoms with Crippen LogP contribution in [0.1, 0.15) is 0 Å². The van der Waals surface area contributed by atoms with Gasteiger partial charge < -0.3 is 4.74 Å². The van der Waals surface area contributed by atoms with E-state index in [0.29, 0.717) is 0 Å². The van der Waals surface area contributed by atoms with Crippen LogP contribution in [0.25, 0.3) is 0 Å². The van der Waals surface area contributed by atoms with Crippen molar-refractivity contribution in [2.45, 2.75) is 10.5 Å². The molecule has 2 rings (SSSR count). The molecule has 2 fully saturated rings. The molecule has 2 atom stereocenters. The molecule has 0 aromatic rings. The maximum absolute atomic E-state index is 5.69. The summed E-state index contributed by atoms with van der Waals surface area (Å²) in [5.41, 5.74) is 0. The van der Waals surface area contributed by atoms with Crippen LogP contribution in [-0.2, 0) is 4.74 Å². The van der Waals surface area contributed by atoms with Gasteiger partial charge in [-0.2, -0.15) is 35.3 Å². The lowest BCUT2D eigenvalue weighted by atomic mass is 10.4. The normalized spacial score (nSPS) is 35.2. The maximum atomic E-state index is 5.69. The van der Waals surface area contributed by atoms with Crippen LogP contribution in [0.3, 0.4) is 0 Å². The largest absolute Gasteiger partial charge is 0.379 e. The Balaban J connectivity index is 1.78. The summed E-state index contributed by atoms with van der Waals surface area (Å²) < 4.78 is 5.69. The van der Waals surface area contributed by atoms with Gasteiger partial charge >= 0.3 is 0 Å². The molecule has 0 amide bonds. The van der Waals surface area contributed by atoms with Gasteiger partial charge in [0.1, 0.15) is 0 Å². The molecule has 15 heavy (non-hydrogen) atoms. The summed E-state index contributed by atoms with van der Waals surface area (Å²) in [4.78, 5) is 0. The van der Waals surface area contributed by atoms with Crippen LogP contribution >= 0.6 is 47.0 Å². The van der Waals surface area contributed by atoms with Crippen LogP contribution in [0.4, 0.5) is 0 Å². The highest BCUT2D eigenvalue weighted by atomic mass is 32.2. The predicted molar refractivity (Wildman–Crippen MR) is 78.0 cm³/mol. The molecular weight excluding hydrogens is 264 g/mol. The summed E-state index contributed by atoms with van der Waals surface area (Å²) in [7, 11) is 0. The average molecular weight is 283 g/mol. The molecule has 0 N–H and O–H groups in total. The molecular formula is C10H18OS4. The van der Waals surface area contributed by atoms with Gasteiger partial charge in [-0.3, -0.25) is 0 Å². The lowest BCUT2D eigenvalue weighted by molar-refractivity contribution is 0.134.